The Morgan fingerprint density at radius 2 is 1.95 bits per heavy atom. The van der Waals surface area contributed by atoms with E-state index in [0.717, 1.165) is 24.2 Å². The maximum absolute atomic E-state index is 12.8. The lowest BCUT2D eigenvalue weighted by molar-refractivity contribution is 0.0500. The number of hydrogen-bond acceptors (Lipinski definition) is 2. The zero-order valence-electron chi connectivity index (χ0n) is 12.2. The lowest BCUT2D eigenvalue weighted by atomic mass is 9.56. The summed E-state index contributed by atoms with van der Waals surface area (Å²) in [6.07, 6.45) is 3.45. The molecule has 2 nitrogen and oxygen atoms in total. The van der Waals surface area contributed by atoms with Crippen molar-refractivity contribution in [3.8, 4) is 5.75 Å². The van der Waals surface area contributed by atoms with Gasteiger partial charge in [-0.25, -0.2) is 0 Å². The number of Topliss-reactive ketones (excluding diaryl/α,β-unsaturated/α-hetero) is 1. The second-order valence-electron chi connectivity index (χ2n) is 6.97. The lowest BCUT2D eigenvalue weighted by Gasteiger charge is -2.46. The molecule has 0 N–H and O–H groups in total. The zero-order valence-corrected chi connectivity index (χ0v) is 12.2. The molecule has 0 heterocycles. The van der Waals surface area contributed by atoms with E-state index < -0.39 is 0 Å². The summed E-state index contributed by atoms with van der Waals surface area (Å²) in [5, 5.41) is 0. The van der Waals surface area contributed by atoms with Crippen LogP contribution in [-0.4, -0.2) is 12.9 Å². The van der Waals surface area contributed by atoms with Crippen molar-refractivity contribution in [3.63, 3.8) is 0 Å². The Bertz CT molecular complexity index is 544. The third kappa shape index (κ3) is 1.58. The second kappa shape index (κ2) is 3.84. The van der Waals surface area contributed by atoms with Crippen LogP contribution in [0.15, 0.2) is 18.2 Å². The van der Waals surface area contributed by atoms with Gasteiger partial charge in [0.15, 0.2) is 5.78 Å². The van der Waals surface area contributed by atoms with Gasteiger partial charge in [-0.3, -0.25) is 4.79 Å². The predicted octanol–water partition coefficient (Wildman–Crippen LogP) is 3.98. The molecule has 2 aliphatic carbocycles. The molecule has 2 heteroatoms. The number of methoxy groups -OCH3 is 1. The van der Waals surface area contributed by atoms with E-state index in [2.05, 4.69) is 26.8 Å². The molecule has 1 aromatic rings. The molecule has 1 saturated carbocycles. The van der Waals surface area contributed by atoms with Crippen molar-refractivity contribution in [3.05, 3.63) is 29.3 Å². The van der Waals surface area contributed by atoms with Gasteiger partial charge in [0.05, 0.1) is 7.11 Å². The molecule has 1 aromatic carbocycles. The highest BCUT2D eigenvalue weighted by Crippen LogP contribution is 2.58. The number of carbonyl (C=O) groups is 1. The minimum absolute atomic E-state index is 0.0112. The summed E-state index contributed by atoms with van der Waals surface area (Å²) in [4.78, 5) is 12.8. The SMILES string of the molecule is COc1ccc2c(c1)[C@@]1(C)CCCC(C)(C)[C@H]1C2=O. The molecule has 0 aliphatic heterocycles. The molecule has 0 saturated heterocycles. The molecule has 0 radical (unpaired) electrons. The number of ether oxygens (including phenoxy) is 1. The van der Waals surface area contributed by atoms with E-state index in [0.29, 0.717) is 5.78 Å². The first kappa shape index (κ1) is 12.7. The van der Waals surface area contributed by atoms with Crippen LogP contribution in [0.3, 0.4) is 0 Å². The van der Waals surface area contributed by atoms with Gasteiger partial charge in [-0.05, 0) is 42.0 Å². The third-order valence-electron chi connectivity index (χ3n) is 5.31. The number of benzene rings is 1. The summed E-state index contributed by atoms with van der Waals surface area (Å²) < 4.78 is 5.34. The highest BCUT2D eigenvalue weighted by molar-refractivity contribution is 6.04. The van der Waals surface area contributed by atoms with Gasteiger partial charge in [0, 0.05) is 16.9 Å². The van der Waals surface area contributed by atoms with E-state index in [1.54, 1.807) is 7.11 Å². The van der Waals surface area contributed by atoms with Crippen LogP contribution in [0.5, 0.6) is 5.75 Å². The van der Waals surface area contributed by atoms with Crippen molar-refractivity contribution in [2.24, 2.45) is 11.3 Å². The maximum atomic E-state index is 12.8. The standard InChI is InChI=1S/C17H22O2/c1-16(2)8-5-9-17(3)13-10-11(19-4)6-7-12(13)14(18)15(16)17/h6-7,10,15H,5,8-9H2,1-4H3/t15-,17-/m1/s1. The minimum Gasteiger partial charge on any atom is -0.497 e. The van der Waals surface area contributed by atoms with Crippen LogP contribution in [0.25, 0.3) is 0 Å². The Morgan fingerprint density at radius 3 is 2.63 bits per heavy atom. The zero-order chi connectivity index (χ0) is 13.8. The molecule has 3 rings (SSSR count). The number of hydrogen-bond donors (Lipinski definition) is 0. The third-order valence-corrected chi connectivity index (χ3v) is 5.31. The molecule has 2 atom stereocenters. The molecule has 2 aliphatic rings. The van der Waals surface area contributed by atoms with Gasteiger partial charge in [-0.15, -0.1) is 0 Å². The van der Waals surface area contributed by atoms with Crippen LogP contribution in [0.4, 0.5) is 0 Å². The average molecular weight is 258 g/mol. The fraction of sp³-hybridized carbons (Fsp3) is 0.588. The van der Waals surface area contributed by atoms with Crippen molar-refractivity contribution >= 4 is 5.78 Å². The summed E-state index contributed by atoms with van der Waals surface area (Å²) >= 11 is 0. The molecule has 102 valence electrons. The van der Waals surface area contributed by atoms with E-state index in [1.807, 2.05) is 12.1 Å². The van der Waals surface area contributed by atoms with Gasteiger partial charge in [0.2, 0.25) is 0 Å². The van der Waals surface area contributed by atoms with Gasteiger partial charge in [0.1, 0.15) is 5.75 Å². The molecule has 0 aromatic heterocycles. The quantitative estimate of drug-likeness (QED) is 0.761. The van der Waals surface area contributed by atoms with Crippen molar-refractivity contribution in [1.82, 2.24) is 0 Å². The van der Waals surface area contributed by atoms with Crippen LogP contribution in [0.1, 0.15) is 56.0 Å². The molecular weight excluding hydrogens is 236 g/mol. The summed E-state index contributed by atoms with van der Waals surface area (Å²) in [6, 6.07) is 5.94. The first-order valence-electron chi connectivity index (χ1n) is 7.13. The summed E-state index contributed by atoms with van der Waals surface area (Å²) in [5.74, 6) is 1.32. The van der Waals surface area contributed by atoms with Crippen molar-refractivity contribution < 1.29 is 9.53 Å². The fourth-order valence-corrected chi connectivity index (χ4v) is 4.49. The number of carbonyl (C=O) groups excluding carboxylic acids is 1. The summed E-state index contributed by atoms with van der Waals surface area (Å²) in [6.45, 7) is 6.76. The number of fused-ring (bicyclic) bond motifs is 3. The Morgan fingerprint density at radius 1 is 1.21 bits per heavy atom. The molecule has 19 heavy (non-hydrogen) atoms. The van der Waals surface area contributed by atoms with Gasteiger partial charge < -0.3 is 4.74 Å². The second-order valence-corrected chi connectivity index (χ2v) is 6.97. The van der Waals surface area contributed by atoms with Gasteiger partial charge >= 0.3 is 0 Å². The Balaban J connectivity index is 2.19. The molecular formula is C17H22O2. The van der Waals surface area contributed by atoms with E-state index in [-0.39, 0.29) is 16.7 Å². The Kier molecular flexibility index (Phi) is 2.57. The molecule has 0 spiro atoms. The molecule has 0 unspecified atom stereocenters. The van der Waals surface area contributed by atoms with Crippen molar-refractivity contribution in [2.75, 3.05) is 7.11 Å². The number of ketones is 1. The largest absolute Gasteiger partial charge is 0.497 e. The number of rotatable bonds is 1. The van der Waals surface area contributed by atoms with Crippen molar-refractivity contribution in [1.29, 1.82) is 0 Å². The maximum Gasteiger partial charge on any atom is 0.167 e. The monoisotopic (exact) mass is 258 g/mol. The topological polar surface area (TPSA) is 26.3 Å². The first-order valence-corrected chi connectivity index (χ1v) is 7.13. The van der Waals surface area contributed by atoms with Crippen LogP contribution < -0.4 is 4.74 Å². The van der Waals surface area contributed by atoms with Gasteiger partial charge in [0.25, 0.3) is 0 Å². The molecule has 1 fully saturated rings. The normalized spacial score (nSPS) is 31.8. The first-order chi connectivity index (χ1) is 8.90. The van der Waals surface area contributed by atoms with Crippen LogP contribution >= 0.6 is 0 Å². The van der Waals surface area contributed by atoms with Crippen molar-refractivity contribution in [2.45, 2.75) is 45.4 Å². The van der Waals surface area contributed by atoms with E-state index in [4.69, 9.17) is 4.74 Å². The van der Waals surface area contributed by atoms with Crippen LogP contribution in [0.2, 0.25) is 0 Å². The molecule has 0 amide bonds. The highest BCUT2D eigenvalue weighted by Gasteiger charge is 2.56. The summed E-state index contributed by atoms with van der Waals surface area (Å²) in [5.41, 5.74) is 2.21. The van der Waals surface area contributed by atoms with Gasteiger partial charge in [-0.2, -0.15) is 0 Å². The minimum atomic E-state index is -0.0112. The van der Waals surface area contributed by atoms with Crippen LogP contribution in [-0.2, 0) is 5.41 Å². The average Bonchev–Trinajstić information content (AvgIpc) is 2.58. The fourth-order valence-electron chi connectivity index (χ4n) is 4.49. The summed E-state index contributed by atoms with van der Waals surface area (Å²) in [7, 11) is 1.68. The Labute approximate surface area is 115 Å². The Hall–Kier alpha value is -1.31. The van der Waals surface area contributed by atoms with Gasteiger partial charge in [-0.1, -0.05) is 27.2 Å². The smallest absolute Gasteiger partial charge is 0.167 e. The predicted molar refractivity (Wildman–Crippen MR) is 75.8 cm³/mol. The van der Waals surface area contributed by atoms with E-state index in [9.17, 15) is 4.79 Å². The molecule has 0 bridgehead atoms. The van der Waals surface area contributed by atoms with E-state index >= 15 is 0 Å². The van der Waals surface area contributed by atoms with Crippen LogP contribution in [0, 0.1) is 11.3 Å². The lowest BCUT2D eigenvalue weighted by Crippen LogP contribution is -2.44. The highest BCUT2D eigenvalue weighted by atomic mass is 16.5. The van der Waals surface area contributed by atoms with E-state index in [1.165, 1.54) is 12.0 Å².